The van der Waals surface area contributed by atoms with Gasteiger partial charge in [-0.05, 0) is 19.3 Å². The van der Waals surface area contributed by atoms with E-state index in [0.29, 0.717) is 6.42 Å². The third-order valence-corrected chi connectivity index (χ3v) is 5.69. The molecular weight excluding hydrogens is 388 g/mol. The Morgan fingerprint density at radius 1 is 0.806 bits per heavy atom. The summed E-state index contributed by atoms with van der Waals surface area (Å²) in [6.45, 7) is 5.87. The van der Waals surface area contributed by atoms with Crippen LogP contribution in [-0.2, 0) is 14.3 Å². The van der Waals surface area contributed by atoms with Gasteiger partial charge in [-0.2, -0.15) is 0 Å². The van der Waals surface area contributed by atoms with Crippen molar-refractivity contribution in [3.05, 3.63) is 24.8 Å². The van der Waals surface area contributed by atoms with Crippen LogP contribution in [0, 0.1) is 5.92 Å². The second-order valence-electron chi connectivity index (χ2n) is 8.66. The highest BCUT2D eigenvalue weighted by molar-refractivity contribution is 5.78. The smallest absolute Gasteiger partial charge is 0.307 e. The topological polar surface area (TPSA) is 63.6 Å². The molecule has 0 saturated carbocycles. The summed E-state index contributed by atoms with van der Waals surface area (Å²) in [6, 6.07) is 0. The van der Waals surface area contributed by atoms with Gasteiger partial charge in [0.2, 0.25) is 0 Å². The van der Waals surface area contributed by atoms with Crippen LogP contribution in [0.25, 0.3) is 0 Å². The van der Waals surface area contributed by atoms with E-state index in [4.69, 9.17) is 4.74 Å². The Balaban J connectivity index is 3.49. The van der Waals surface area contributed by atoms with E-state index in [1.54, 1.807) is 0 Å². The van der Waals surface area contributed by atoms with Crippen LogP contribution >= 0.6 is 0 Å². The number of carboxylic acid groups (broad SMARTS) is 1. The lowest BCUT2D eigenvalue weighted by atomic mass is 10.0. The summed E-state index contributed by atoms with van der Waals surface area (Å²) in [5, 5.41) is 9.23. The normalized spacial score (nSPS) is 12.2. The molecule has 0 rings (SSSR count). The number of carbonyl (C=O) groups is 2. The Bertz CT molecular complexity index is 470. The largest absolute Gasteiger partial charge is 0.481 e. The molecule has 1 unspecified atom stereocenters. The second kappa shape index (κ2) is 23.1. The molecule has 0 spiro atoms. The van der Waals surface area contributed by atoms with Gasteiger partial charge in [0, 0.05) is 0 Å². The minimum Gasteiger partial charge on any atom is -0.481 e. The maximum Gasteiger partial charge on any atom is 0.307 e. The van der Waals surface area contributed by atoms with E-state index in [2.05, 4.69) is 13.5 Å². The average molecular weight is 437 g/mol. The fourth-order valence-corrected chi connectivity index (χ4v) is 3.70. The Kier molecular flexibility index (Phi) is 21.9. The van der Waals surface area contributed by atoms with Crippen molar-refractivity contribution in [1.82, 2.24) is 0 Å². The monoisotopic (exact) mass is 436 g/mol. The van der Waals surface area contributed by atoms with Gasteiger partial charge in [-0.1, -0.05) is 122 Å². The number of carboxylic acids is 1. The molecule has 0 aromatic heterocycles. The summed E-state index contributed by atoms with van der Waals surface area (Å²) in [4.78, 5) is 22.8. The fraction of sp³-hybridized carbons (Fsp3) is 0.778. The molecule has 0 heterocycles. The molecule has 180 valence electrons. The molecule has 0 amide bonds. The molecule has 4 nitrogen and oxygen atoms in total. The molecule has 0 aromatic rings. The number of aliphatic carboxylic acids is 1. The zero-order valence-corrected chi connectivity index (χ0v) is 20.1. The summed E-state index contributed by atoms with van der Waals surface area (Å²) in [7, 11) is 0. The van der Waals surface area contributed by atoms with E-state index >= 15 is 0 Å². The van der Waals surface area contributed by atoms with Crippen LogP contribution in [0.15, 0.2) is 24.8 Å². The summed E-state index contributed by atoms with van der Waals surface area (Å²) in [5.41, 5.74) is 0. The van der Waals surface area contributed by atoms with Crippen LogP contribution in [0.4, 0.5) is 0 Å². The zero-order valence-electron chi connectivity index (χ0n) is 20.1. The minimum absolute atomic E-state index is 0.0908. The first kappa shape index (κ1) is 29.4. The van der Waals surface area contributed by atoms with E-state index in [0.717, 1.165) is 12.8 Å². The lowest BCUT2D eigenvalue weighted by molar-refractivity contribution is -0.150. The molecule has 0 fully saturated rings. The predicted molar refractivity (Wildman–Crippen MR) is 130 cm³/mol. The molecule has 1 atom stereocenters. The van der Waals surface area contributed by atoms with Gasteiger partial charge in [-0.3, -0.25) is 9.59 Å². The first-order valence-electron chi connectivity index (χ1n) is 12.8. The second-order valence-corrected chi connectivity index (χ2v) is 8.66. The van der Waals surface area contributed by atoms with E-state index in [9.17, 15) is 14.7 Å². The van der Waals surface area contributed by atoms with Crippen molar-refractivity contribution in [2.24, 2.45) is 5.92 Å². The van der Waals surface area contributed by atoms with Gasteiger partial charge in [-0.25, -0.2) is 0 Å². The fourth-order valence-electron chi connectivity index (χ4n) is 3.70. The van der Waals surface area contributed by atoms with Gasteiger partial charge in [0.15, 0.2) is 0 Å². The molecule has 0 bridgehead atoms. The van der Waals surface area contributed by atoms with Crippen molar-refractivity contribution in [3.8, 4) is 0 Å². The number of hydrogen-bond acceptors (Lipinski definition) is 3. The molecule has 0 aromatic carbocycles. The van der Waals surface area contributed by atoms with Crippen LogP contribution in [0.1, 0.15) is 122 Å². The molecule has 1 N–H and O–H groups in total. The molecule has 0 aliphatic rings. The Morgan fingerprint density at radius 3 is 1.74 bits per heavy atom. The number of hydrogen-bond donors (Lipinski definition) is 1. The maximum absolute atomic E-state index is 11.6. The quantitative estimate of drug-likeness (QED) is 0.100. The maximum atomic E-state index is 11.6. The van der Waals surface area contributed by atoms with E-state index in [-0.39, 0.29) is 13.0 Å². The Labute approximate surface area is 191 Å². The molecule has 0 aliphatic heterocycles. The lowest BCUT2D eigenvalue weighted by Crippen LogP contribution is -2.19. The van der Waals surface area contributed by atoms with Gasteiger partial charge in [0.05, 0.1) is 12.3 Å². The van der Waals surface area contributed by atoms with Crippen molar-refractivity contribution in [2.45, 2.75) is 122 Å². The van der Waals surface area contributed by atoms with Crippen molar-refractivity contribution in [1.29, 1.82) is 0 Å². The van der Waals surface area contributed by atoms with Crippen molar-refractivity contribution in [2.75, 3.05) is 6.61 Å². The van der Waals surface area contributed by atoms with Gasteiger partial charge in [-0.15, -0.1) is 0 Å². The number of ether oxygens (including phenoxy) is 1. The number of allylic oxidation sites excluding steroid dienone is 2. The number of carbonyl (C=O) groups excluding carboxylic acids is 1. The minimum atomic E-state index is -0.952. The van der Waals surface area contributed by atoms with Gasteiger partial charge < -0.3 is 9.84 Å². The summed E-state index contributed by atoms with van der Waals surface area (Å²) in [5.74, 6) is -2.15. The van der Waals surface area contributed by atoms with Crippen LogP contribution in [0.2, 0.25) is 0 Å². The molecule has 31 heavy (non-hydrogen) atoms. The van der Waals surface area contributed by atoms with E-state index < -0.39 is 17.9 Å². The average Bonchev–Trinajstić information content (AvgIpc) is 2.75. The summed E-state index contributed by atoms with van der Waals surface area (Å²) < 4.78 is 4.87. The summed E-state index contributed by atoms with van der Waals surface area (Å²) >= 11 is 0. The third-order valence-electron chi connectivity index (χ3n) is 5.69. The summed E-state index contributed by atoms with van der Waals surface area (Å²) in [6.07, 6.45) is 27.0. The van der Waals surface area contributed by atoms with E-state index in [1.165, 1.54) is 96.0 Å². The number of rotatable bonds is 23. The predicted octanol–water partition coefficient (Wildman–Crippen LogP) is 8.01. The Morgan fingerprint density at radius 2 is 1.29 bits per heavy atom. The van der Waals surface area contributed by atoms with Gasteiger partial charge in [0.1, 0.15) is 6.61 Å². The van der Waals surface area contributed by atoms with Gasteiger partial charge >= 0.3 is 11.9 Å². The van der Waals surface area contributed by atoms with Crippen LogP contribution < -0.4 is 0 Å². The lowest BCUT2D eigenvalue weighted by Gasteiger charge is -2.09. The van der Waals surface area contributed by atoms with Gasteiger partial charge in [0.25, 0.3) is 0 Å². The molecule has 0 aliphatic carbocycles. The van der Waals surface area contributed by atoms with Crippen LogP contribution in [-0.4, -0.2) is 23.7 Å². The third kappa shape index (κ3) is 21.4. The zero-order chi connectivity index (χ0) is 23.0. The van der Waals surface area contributed by atoms with Crippen LogP contribution in [0.3, 0.4) is 0 Å². The number of esters is 1. The highest BCUT2D eigenvalue weighted by atomic mass is 16.5. The standard InChI is InChI=1S/C27H48O4/c1-3-5-6-7-8-9-10-11-12-13-14-15-16-17-18-19-20-21-22-25(27(29)30)24-26(28)31-23-4-2/h4,20-21,25H,2-3,5-19,22-24H2,1H3,(H,29,30)/b21-20+. The van der Waals surface area contributed by atoms with Crippen molar-refractivity contribution in [3.63, 3.8) is 0 Å². The molecule has 0 radical (unpaired) electrons. The first-order chi connectivity index (χ1) is 15.1. The number of unbranched alkanes of at least 4 members (excludes halogenated alkanes) is 15. The highest BCUT2D eigenvalue weighted by Crippen LogP contribution is 2.15. The molecule has 4 heteroatoms. The van der Waals surface area contributed by atoms with Crippen molar-refractivity contribution < 1.29 is 19.4 Å². The first-order valence-corrected chi connectivity index (χ1v) is 12.8. The van der Waals surface area contributed by atoms with Crippen LogP contribution in [0.5, 0.6) is 0 Å². The molecule has 0 saturated heterocycles. The SMILES string of the molecule is C=CCOC(=O)CC(C/C=C/CCCCCCCCCCCCCCCCC)C(=O)O. The highest BCUT2D eigenvalue weighted by Gasteiger charge is 2.20. The van der Waals surface area contributed by atoms with Crippen molar-refractivity contribution >= 4 is 11.9 Å². The Hall–Kier alpha value is -1.58. The molecular formula is C27H48O4. The van der Waals surface area contributed by atoms with E-state index in [1.807, 2.05) is 12.2 Å².